The second-order valence-corrected chi connectivity index (χ2v) is 4.11. The maximum Gasteiger partial charge on any atom is 0.164 e. The van der Waals surface area contributed by atoms with Crippen molar-refractivity contribution in [2.45, 2.75) is 51.0 Å². The third kappa shape index (κ3) is 1.41. The van der Waals surface area contributed by atoms with E-state index in [2.05, 4.69) is 6.58 Å². The Bertz CT molecular complexity index is 224. The van der Waals surface area contributed by atoms with Gasteiger partial charge in [-0.15, -0.1) is 6.58 Å². The quantitative estimate of drug-likeness (QED) is 0.578. The zero-order chi connectivity index (χ0) is 9.64. The van der Waals surface area contributed by atoms with E-state index in [1.165, 1.54) is 0 Å². The molecular formula is C10H16O3. The maximum atomic E-state index is 5.73. The molecule has 0 saturated carbocycles. The molecule has 0 aromatic heterocycles. The lowest BCUT2D eigenvalue weighted by Crippen LogP contribution is -2.27. The summed E-state index contributed by atoms with van der Waals surface area (Å²) in [6.45, 7) is 9.59. The average molecular weight is 184 g/mol. The van der Waals surface area contributed by atoms with Crippen LogP contribution in [0.2, 0.25) is 0 Å². The van der Waals surface area contributed by atoms with E-state index in [1.54, 1.807) is 6.08 Å². The van der Waals surface area contributed by atoms with Crippen molar-refractivity contribution in [2.75, 3.05) is 0 Å². The third-order valence-electron chi connectivity index (χ3n) is 2.55. The van der Waals surface area contributed by atoms with Gasteiger partial charge < -0.3 is 14.2 Å². The lowest BCUT2D eigenvalue weighted by atomic mass is 10.1. The summed E-state index contributed by atoms with van der Waals surface area (Å²) in [6.07, 6.45) is 1.92. The van der Waals surface area contributed by atoms with E-state index in [1.807, 2.05) is 20.8 Å². The van der Waals surface area contributed by atoms with Crippen molar-refractivity contribution < 1.29 is 14.2 Å². The minimum Gasteiger partial charge on any atom is -0.366 e. The largest absolute Gasteiger partial charge is 0.366 e. The first kappa shape index (κ1) is 9.19. The van der Waals surface area contributed by atoms with Crippen LogP contribution in [0.4, 0.5) is 0 Å². The van der Waals surface area contributed by atoms with Gasteiger partial charge in [0, 0.05) is 0 Å². The maximum absolute atomic E-state index is 5.73. The molecule has 0 aromatic carbocycles. The molecule has 0 aliphatic carbocycles. The first-order valence-corrected chi connectivity index (χ1v) is 4.67. The van der Waals surface area contributed by atoms with Gasteiger partial charge in [-0.3, -0.25) is 0 Å². The topological polar surface area (TPSA) is 27.7 Å². The second kappa shape index (κ2) is 2.80. The smallest absolute Gasteiger partial charge is 0.164 e. The summed E-state index contributed by atoms with van der Waals surface area (Å²) in [5.74, 6) is -0.478. The summed E-state index contributed by atoms with van der Waals surface area (Å²) in [5, 5.41) is 0. The fourth-order valence-electron chi connectivity index (χ4n) is 2.03. The summed E-state index contributed by atoms with van der Waals surface area (Å²) in [7, 11) is 0. The molecule has 0 aromatic rings. The highest BCUT2D eigenvalue weighted by molar-refractivity contribution is 5.02. The minimum atomic E-state index is -0.478. The van der Waals surface area contributed by atoms with Crippen LogP contribution in [0.5, 0.6) is 0 Å². The molecule has 3 heteroatoms. The van der Waals surface area contributed by atoms with Crippen molar-refractivity contribution in [2.24, 2.45) is 0 Å². The molecular weight excluding hydrogens is 168 g/mol. The molecule has 4 atom stereocenters. The Kier molecular flexibility index (Phi) is 1.98. The van der Waals surface area contributed by atoms with Gasteiger partial charge in [0.05, 0.1) is 6.10 Å². The number of rotatable bonds is 1. The van der Waals surface area contributed by atoms with Crippen LogP contribution in [-0.4, -0.2) is 30.2 Å². The Hall–Kier alpha value is -0.380. The molecule has 2 unspecified atom stereocenters. The van der Waals surface area contributed by atoms with Gasteiger partial charge in [0.2, 0.25) is 0 Å². The SMILES string of the molecule is C=C[C@@H]1OC(C)C2OC(C)(C)O[C@@H]21. The van der Waals surface area contributed by atoms with Crippen LogP contribution in [0, 0.1) is 0 Å². The Morgan fingerprint density at radius 3 is 2.46 bits per heavy atom. The van der Waals surface area contributed by atoms with Crippen LogP contribution < -0.4 is 0 Å². The van der Waals surface area contributed by atoms with Gasteiger partial charge >= 0.3 is 0 Å². The van der Waals surface area contributed by atoms with Crippen LogP contribution in [0.25, 0.3) is 0 Å². The van der Waals surface area contributed by atoms with E-state index < -0.39 is 5.79 Å². The predicted molar refractivity (Wildman–Crippen MR) is 48.4 cm³/mol. The lowest BCUT2D eigenvalue weighted by Gasteiger charge is -2.21. The second-order valence-electron chi connectivity index (χ2n) is 4.11. The van der Waals surface area contributed by atoms with E-state index in [-0.39, 0.29) is 24.4 Å². The van der Waals surface area contributed by atoms with Gasteiger partial charge in [-0.05, 0) is 20.8 Å². The van der Waals surface area contributed by atoms with Crippen LogP contribution in [0.15, 0.2) is 12.7 Å². The van der Waals surface area contributed by atoms with Gasteiger partial charge in [0.1, 0.15) is 18.3 Å². The van der Waals surface area contributed by atoms with Gasteiger partial charge in [-0.2, -0.15) is 0 Å². The van der Waals surface area contributed by atoms with E-state index in [0.717, 1.165) is 0 Å². The molecule has 2 heterocycles. The summed E-state index contributed by atoms with van der Waals surface area (Å²) in [6, 6.07) is 0. The summed E-state index contributed by atoms with van der Waals surface area (Å²) in [4.78, 5) is 0. The van der Waals surface area contributed by atoms with Crippen molar-refractivity contribution in [1.29, 1.82) is 0 Å². The predicted octanol–water partition coefficient (Wildman–Crippen LogP) is 1.48. The fourth-order valence-corrected chi connectivity index (χ4v) is 2.03. The first-order chi connectivity index (χ1) is 6.03. The molecule has 0 N–H and O–H groups in total. The van der Waals surface area contributed by atoms with Gasteiger partial charge in [0.25, 0.3) is 0 Å². The molecule has 2 fully saturated rings. The van der Waals surface area contributed by atoms with E-state index >= 15 is 0 Å². The fraction of sp³-hybridized carbons (Fsp3) is 0.800. The molecule has 0 spiro atoms. The number of hydrogen-bond acceptors (Lipinski definition) is 3. The number of fused-ring (bicyclic) bond motifs is 1. The zero-order valence-corrected chi connectivity index (χ0v) is 8.32. The van der Waals surface area contributed by atoms with Crippen LogP contribution in [0.3, 0.4) is 0 Å². The average Bonchev–Trinajstić information content (AvgIpc) is 2.47. The Morgan fingerprint density at radius 2 is 1.85 bits per heavy atom. The molecule has 13 heavy (non-hydrogen) atoms. The van der Waals surface area contributed by atoms with Crippen molar-refractivity contribution in [3.8, 4) is 0 Å². The summed E-state index contributed by atoms with van der Waals surface area (Å²) in [5.41, 5.74) is 0. The Balaban J connectivity index is 2.17. The normalized spacial score (nSPS) is 47.6. The summed E-state index contributed by atoms with van der Waals surface area (Å²) >= 11 is 0. The molecule has 0 radical (unpaired) electrons. The Labute approximate surface area is 78.7 Å². The van der Waals surface area contributed by atoms with E-state index in [4.69, 9.17) is 14.2 Å². The highest BCUT2D eigenvalue weighted by Gasteiger charge is 2.52. The van der Waals surface area contributed by atoms with Gasteiger partial charge in [-0.1, -0.05) is 6.08 Å². The Morgan fingerprint density at radius 1 is 1.23 bits per heavy atom. The van der Waals surface area contributed by atoms with E-state index in [0.29, 0.717) is 0 Å². The molecule has 0 amide bonds. The molecule has 2 saturated heterocycles. The van der Waals surface area contributed by atoms with Crippen LogP contribution >= 0.6 is 0 Å². The number of hydrogen-bond donors (Lipinski definition) is 0. The molecule has 74 valence electrons. The van der Waals surface area contributed by atoms with Crippen LogP contribution in [0.1, 0.15) is 20.8 Å². The monoisotopic (exact) mass is 184 g/mol. The molecule has 2 aliphatic rings. The third-order valence-corrected chi connectivity index (χ3v) is 2.55. The first-order valence-electron chi connectivity index (χ1n) is 4.67. The van der Waals surface area contributed by atoms with Crippen molar-refractivity contribution >= 4 is 0 Å². The molecule has 2 aliphatic heterocycles. The molecule has 2 rings (SSSR count). The highest BCUT2D eigenvalue weighted by Crippen LogP contribution is 2.38. The molecule has 3 nitrogen and oxygen atoms in total. The van der Waals surface area contributed by atoms with Crippen molar-refractivity contribution in [3.05, 3.63) is 12.7 Å². The van der Waals surface area contributed by atoms with Crippen molar-refractivity contribution in [3.63, 3.8) is 0 Å². The highest BCUT2D eigenvalue weighted by atomic mass is 16.8. The van der Waals surface area contributed by atoms with Crippen LogP contribution in [-0.2, 0) is 14.2 Å². The lowest BCUT2D eigenvalue weighted by molar-refractivity contribution is -0.180. The van der Waals surface area contributed by atoms with Crippen molar-refractivity contribution in [1.82, 2.24) is 0 Å². The van der Waals surface area contributed by atoms with Gasteiger partial charge in [-0.25, -0.2) is 0 Å². The number of ether oxygens (including phenoxy) is 3. The van der Waals surface area contributed by atoms with E-state index in [9.17, 15) is 0 Å². The minimum absolute atomic E-state index is 0.0162. The standard InChI is InChI=1S/C10H16O3/c1-5-7-9-8(6(2)11-7)12-10(3,4)13-9/h5-9H,1H2,2-4H3/t6?,7-,8?,9+/m0/s1. The zero-order valence-electron chi connectivity index (χ0n) is 8.32. The summed E-state index contributed by atoms with van der Waals surface area (Å²) < 4.78 is 17.1. The molecule has 0 bridgehead atoms. The van der Waals surface area contributed by atoms with Gasteiger partial charge in [0.15, 0.2) is 5.79 Å².